The van der Waals surface area contributed by atoms with Crippen LogP contribution in [0.4, 0.5) is 11.4 Å². The van der Waals surface area contributed by atoms with E-state index < -0.39 is 18.5 Å². The van der Waals surface area contributed by atoms with Crippen LogP contribution in [0.5, 0.6) is 5.75 Å². The number of rotatable bonds is 6. The highest BCUT2D eigenvalue weighted by atomic mass is 16.5. The fourth-order valence-corrected chi connectivity index (χ4v) is 2.81. The minimum atomic E-state index is -0.699. The zero-order valence-corrected chi connectivity index (χ0v) is 15.6. The molecule has 2 aromatic carbocycles. The van der Waals surface area contributed by atoms with Gasteiger partial charge >= 0.3 is 5.97 Å². The Labute approximate surface area is 167 Å². The highest BCUT2D eigenvalue weighted by Crippen LogP contribution is 2.30. The molecule has 0 saturated carbocycles. The van der Waals surface area contributed by atoms with Gasteiger partial charge in [0.25, 0.3) is 5.91 Å². The lowest BCUT2D eigenvalue weighted by Gasteiger charge is -2.20. The molecule has 0 saturated heterocycles. The molecule has 1 aliphatic heterocycles. The number of esters is 1. The van der Waals surface area contributed by atoms with Crippen LogP contribution in [0.15, 0.2) is 48.5 Å². The molecule has 3 rings (SSSR count). The lowest BCUT2D eigenvalue weighted by Crippen LogP contribution is -2.36. The minimum absolute atomic E-state index is 0.143. The van der Waals surface area contributed by atoms with Crippen LogP contribution in [0, 0.1) is 11.3 Å². The smallest absolute Gasteiger partial charge is 0.326 e. The molecule has 2 amide bonds. The number of hydrogen-bond donors (Lipinski definition) is 1. The van der Waals surface area contributed by atoms with Crippen LogP contribution in [0.1, 0.15) is 12.0 Å². The summed E-state index contributed by atoms with van der Waals surface area (Å²) in [7, 11) is 0. The van der Waals surface area contributed by atoms with Crippen molar-refractivity contribution in [2.24, 2.45) is 0 Å². The van der Waals surface area contributed by atoms with Crippen molar-refractivity contribution in [2.45, 2.75) is 12.8 Å². The normalized spacial score (nSPS) is 12.8. The summed E-state index contributed by atoms with van der Waals surface area (Å²) in [4.78, 5) is 37.8. The van der Waals surface area contributed by atoms with Gasteiger partial charge in [-0.2, -0.15) is 5.26 Å². The molecule has 1 heterocycles. The number of nitrogens with one attached hydrogen (secondary N) is 1. The summed E-state index contributed by atoms with van der Waals surface area (Å²) in [6.45, 7) is -0.550. The lowest BCUT2D eigenvalue weighted by atomic mass is 10.1. The van der Waals surface area contributed by atoms with E-state index in [1.54, 1.807) is 48.5 Å². The van der Waals surface area contributed by atoms with E-state index in [0.717, 1.165) is 5.56 Å². The number of benzene rings is 2. The Morgan fingerprint density at radius 2 is 1.93 bits per heavy atom. The van der Waals surface area contributed by atoms with E-state index in [1.165, 1.54) is 4.90 Å². The van der Waals surface area contributed by atoms with Gasteiger partial charge in [-0.1, -0.05) is 24.3 Å². The maximum Gasteiger partial charge on any atom is 0.326 e. The van der Waals surface area contributed by atoms with Crippen LogP contribution in [0.25, 0.3) is 0 Å². The average Bonchev–Trinajstić information content (AvgIpc) is 2.87. The summed E-state index contributed by atoms with van der Waals surface area (Å²) in [5.74, 6) is -0.940. The predicted molar refractivity (Wildman–Crippen MR) is 104 cm³/mol. The first kappa shape index (κ1) is 19.9. The summed E-state index contributed by atoms with van der Waals surface area (Å²) in [6, 6.07) is 15.8. The number of anilines is 2. The molecule has 1 N–H and O–H groups in total. The molecule has 8 heteroatoms. The van der Waals surface area contributed by atoms with Gasteiger partial charge in [-0.15, -0.1) is 0 Å². The molecule has 0 atom stereocenters. The fourth-order valence-electron chi connectivity index (χ4n) is 2.81. The molecular weight excluding hydrogens is 374 g/mol. The zero-order valence-electron chi connectivity index (χ0n) is 15.6. The van der Waals surface area contributed by atoms with Crippen molar-refractivity contribution in [3.05, 3.63) is 54.1 Å². The van der Waals surface area contributed by atoms with Gasteiger partial charge < -0.3 is 14.8 Å². The molecule has 0 unspecified atom stereocenters. The van der Waals surface area contributed by atoms with Gasteiger partial charge in [-0.25, -0.2) is 0 Å². The molecule has 0 aliphatic carbocycles. The van der Waals surface area contributed by atoms with Gasteiger partial charge in [0.15, 0.2) is 6.61 Å². The molecule has 2 aromatic rings. The van der Waals surface area contributed by atoms with Crippen LogP contribution < -0.4 is 15.0 Å². The number of hydrogen-bond acceptors (Lipinski definition) is 6. The Morgan fingerprint density at radius 1 is 1.17 bits per heavy atom. The zero-order chi connectivity index (χ0) is 20.6. The summed E-state index contributed by atoms with van der Waals surface area (Å²) in [5, 5.41) is 11.3. The topological polar surface area (TPSA) is 109 Å². The van der Waals surface area contributed by atoms with Crippen LogP contribution in [0.2, 0.25) is 0 Å². The third kappa shape index (κ3) is 5.32. The second kappa shape index (κ2) is 9.37. The van der Waals surface area contributed by atoms with Crippen molar-refractivity contribution in [3.63, 3.8) is 0 Å². The third-order valence-corrected chi connectivity index (χ3v) is 4.20. The summed E-state index contributed by atoms with van der Waals surface area (Å²) in [5.41, 5.74) is 1.86. The highest BCUT2D eigenvalue weighted by molar-refractivity contribution is 6.00. The van der Waals surface area contributed by atoms with E-state index in [2.05, 4.69) is 5.32 Å². The first-order valence-corrected chi connectivity index (χ1v) is 9.00. The fraction of sp³-hybridized carbons (Fsp3) is 0.238. The number of fused-ring (bicyclic) bond motifs is 1. The Hall–Kier alpha value is -3.86. The van der Waals surface area contributed by atoms with Crippen molar-refractivity contribution in [1.29, 1.82) is 5.26 Å². The Kier molecular flexibility index (Phi) is 6.43. The van der Waals surface area contributed by atoms with Crippen molar-refractivity contribution in [1.82, 2.24) is 0 Å². The number of amides is 2. The maximum atomic E-state index is 12.3. The van der Waals surface area contributed by atoms with Crippen molar-refractivity contribution in [3.8, 4) is 11.8 Å². The SMILES string of the molecule is N#CCc1ccc(NC(=O)COC(=O)CN2C(=O)CCOc3ccccc32)cc1. The van der Waals surface area contributed by atoms with E-state index in [0.29, 0.717) is 17.1 Å². The number of ether oxygens (including phenoxy) is 2. The molecule has 148 valence electrons. The predicted octanol–water partition coefficient (Wildman–Crippen LogP) is 2.05. The number of carbonyl (C=O) groups is 3. The third-order valence-electron chi connectivity index (χ3n) is 4.20. The molecule has 0 aromatic heterocycles. The molecule has 0 fully saturated rings. The number of para-hydroxylation sites is 2. The summed E-state index contributed by atoms with van der Waals surface area (Å²) >= 11 is 0. The second-order valence-electron chi connectivity index (χ2n) is 6.29. The van der Waals surface area contributed by atoms with Gasteiger partial charge in [-0.05, 0) is 29.8 Å². The van der Waals surface area contributed by atoms with Crippen LogP contribution in [0.3, 0.4) is 0 Å². The number of nitriles is 1. The van der Waals surface area contributed by atoms with Crippen molar-refractivity contribution >= 4 is 29.2 Å². The number of carbonyl (C=O) groups excluding carboxylic acids is 3. The largest absolute Gasteiger partial charge is 0.491 e. The van der Waals surface area contributed by atoms with Gasteiger partial charge in [0, 0.05) is 5.69 Å². The molecule has 0 radical (unpaired) electrons. The van der Waals surface area contributed by atoms with Crippen molar-refractivity contribution < 1.29 is 23.9 Å². The molecule has 1 aliphatic rings. The highest BCUT2D eigenvalue weighted by Gasteiger charge is 2.25. The van der Waals surface area contributed by atoms with E-state index >= 15 is 0 Å². The first-order valence-electron chi connectivity index (χ1n) is 9.00. The van der Waals surface area contributed by atoms with E-state index in [-0.39, 0.29) is 31.9 Å². The van der Waals surface area contributed by atoms with E-state index in [4.69, 9.17) is 14.7 Å². The standard InChI is InChI=1S/C21H19N3O5/c22-11-9-15-5-7-16(8-6-15)23-19(25)14-29-21(27)13-24-17-3-1-2-4-18(17)28-12-10-20(24)26/h1-8H,9-10,12-14H2,(H,23,25). The van der Waals surface area contributed by atoms with Gasteiger partial charge in [0.1, 0.15) is 12.3 Å². The Bertz CT molecular complexity index is 950. The van der Waals surface area contributed by atoms with Crippen LogP contribution >= 0.6 is 0 Å². The monoisotopic (exact) mass is 393 g/mol. The minimum Gasteiger partial charge on any atom is -0.491 e. The summed E-state index contributed by atoms with van der Waals surface area (Å²) < 4.78 is 10.5. The van der Waals surface area contributed by atoms with E-state index in [9.17, 15) is 14.4 Å². The van der Waals surface area contributed by atoms with Crippen LogP contribution in [-0.4, -0.2) is 37.5 Å². The van der Waals surface area contributed by atoms with Crippen LogP contribution in [-0.2, 0) is 25.5 Å². The average molecular weight is 393 g/mol. The van der Waals surface area contributed by atoms with Gasteiger partial charge in [-0.3, -0.25) is 19.3 Å². The van der Waals surface area contributed by atoms with Crippen molar-refractivity contribution in [2.75, 3.05) is 30.0 Å². The quantitative estimate of drug-likeness (QED) is 0.753. The number of nitrogens with zero attached hydrogens (tertiary/aromatic N) is 2. The molecule has 0 spiro atoms. The molecule has 0 bridgehead atoms. The Morgan fingerprint density at radius 3 is 2.69 bits per heavy atom. The first-order chi connectivity index (χ1) is 14.1. The Balaban J connectivity index is 1.53. The maximum absolute atomic E-state index is 12.3. The molecular formula is C21H19N3O5. The molecule has 8 nitrogen and oxygen atoms in total. The lowest BCUT2D eigenvalue weighted by molar-refractivity contribution is -0.146. The second-order valence-corrected chi connectivity index (χ2v) is 6.29. The summed E-state index contributed by atoms with van der Waals surface area (Å²) in [6.07, 6.45) is 0.430. The van der Waals surface area contributed by atoms with Gasteiger partial charge in [0.05, 0.1) is 31.2 Å². The molecule has 29 heavy (non-hydrogen) atoms. The van der Waals surface area contributed by atoms with E-state index in [1.807, 2.05) is 6.07 Å². The van der Waals surface area contributed by atoms with Gasteiger partial charge in [0.2, 0.25) is 5.91 Å².